The number of carbonyl (C=O) groups is 1. The lowest BCUT2D eigenvalue weighted by atomic mass is 9.74. The van der Waals surface area contributed by atoms with Crippen LogP contribution >= 0.6 is 11.6 Å². The fourth-order valence-electron chi connectivity index (χ4n) is 3.79. The molecule has 0 saturated heterocycles. The Labute approximate surface area is 174 Å². The van der Waals surface area contributed by atoms with E-state index < -0.39 is 10.0 Å². The van der Waals surface area contributed by atoms with Gasteiger partial charge in [0.25, 0.3) is 0 Å². The van der Waals surface area contributed by atoms with Gasteiger partial charge < -0.3 is 4.52 Å². The average molecular weight is 433 g/mol. The van der Waals surface area contributed by atoms with Gasteiger partial charge in [-0.2, -0.15) is 0 Å². The van der Waals surface area contributed by atoms with Crippen LogP contribution in [0, 0.1) is 5.41 Å². The molecule has 152 valence electrons. The summed E-state index contributed by atoms with van der Waals surface area (Å²) in [6.07, 6.45) is 4.09. The van der Waals surface area contributed by atoms with Crippen LogP contribution in [-0.2, 0) is 22.9 Å². The first-order valence-corrected chi connectivity index (χ1v) is 11.5. The predicted octanol–water partition coefficient (Wildman–Crippen LogP) is 4.60. The second-order valence-corrected chi connectivity index (χ2v) is 10.5. The quantitative estimate of drug-likeness (QED) is 0.608. The van der Waals surface area contributed by atoms with Crippen molar-refractivity contribution in [2.45, 2.75) is 33.1 Å². The van der Waals surface area contributed by atoms with E-state index in [2.05, 4.69) is 23.7 Å². The molecule has 4 rings (SSSR count). The Morgan fingerprint density at radius 1 is 1.21 bits per heavy atom. The van der Waals surface area contributed by atoms with Gasteiger partial charge in [-0.05, 0) is 54.0 Å². The van der Waals surface area contributed by atoms with E-state index in [-0.39, 0.29) is 33.2 Å². The van der Waals surface area contributed by atoms with Crippen molar-refractivity contribution < 1.29 is 17.7 Å². The molecule has 8 heteroatoms. The van der Waals surface area contributed by atoms with E-state index in [1.54, 1.807) is 0 Å². The zero-order valence-electron chi connectivity index (χ0n) is 16.4. The number of nitrogens with one attached hydrogen (secondary N) is 1. The number of aryl methyl sites for hydroxylation is 1. The van der Waals surface area contributed by atoms with Gasteiger partial charge in [-0.15, -0.1) is 0 Å². The maximum atomic E-state index is 13.1. The molecule has 3 aromatic rings. The average Bonchev–Trinajstić information content (AvgIpc) is 2.99. The first-order chi connectivity index (χ1) is 13.5. The predicted molar refractivity (Wildman–Crippen MR) is 113 cm³/mol. The molecule has 0 aliphatic heterocycles. The van der Waals surface area contributed by atoms with Gasteiger partial charge in [0.1, 0.15) is 0 Å². The number of ketones is 1. The van der Waals surface area contributed by atoms with Gasteiger partial charge in [-0.25, -0.2) is 8.42 Å². The molecule has 0 amide bonds. The number of hydrogen-bond acceptors (Lipinski definition) is 5. The molecular weight excluding hydrogens is 412 g/mol. The molecule has 0 saturated carbocycles. The fourth-order valence-corrected chi connectivity index (χ4v) is 4.54. The third-order valence-corrected chi connectivity index (χ3v) is 6.17. The number of rotatable bonds is 4. The molecule has 0 bridgehead atoms. The lowest BCUT2D eigenvalue weighted by Crippen LogP contribution is -2.22. The summed E-state index contributed by atoms with van der Waals surface area (Å²) in [6, 6.07) is 8.81. The summed E-state index contributed by atoms with van der Waals surface area (Å²) < 4.78 is 30.4. The lowest BCUT2D eigenvalue weighted by Gasteiger charge is -2.31. The van der Waals surface area contributed by atoms with Crippen LogP contribution < -0.4 is 4.72 Å². The highest BCUT2D eigenvalue weighted by atomic mass is 35.5. The highest BCUT2D eigenvalue weighted by Crippen LogP contribution is 2.36. The fraction of sp³-hybridized carbons (Fsp3) is 0.333. The highest BCUT2D eigenvalue weighted by molar-refractivity contribution is 7.92. The summed E-state index contributed by atoms with van der Waals surface area (Å²) in [6.45, 7) is 4.47. The summed E-state index contributed by atoms with van der Waals surface area (Å²) >= 11 is 6.37. The molecule has 0 spiro atoms. The van der Waals surface area contributed by atoms with Gasteiger partial charge >= 0.3 is 0 Å². The number of anilines is 1. The maximum Gasteiger partial charge on any atom is 0.231 e. The molecule has 0 fully saturated rings. The molecular formula is C21H21ClN2O4S. The monoisotopic (exact) mass is 432 g/mol. The van der Waals surface area contributed by atoms with Crippen LogP contribution in [0.3, 0.4) is 0 Å². The van der Waals surface area contributed by atoms with Crippen LogP contribution in [0.2, 0.25) is 5.02 Å². The number of hydrogen-bond donors (Lipinski definition) is 1. The normalized spacial score (nSPS) is 15.9. The van der Waals surface area contributed by atoms with E-state index in [0.717, 1.165) is 25.5 Å². The number of sulfonamides is 1. The van der Waals surface area contributed by atoms with Gasteiger partial charge in [0.15, 0.2) is 17.2 Å². The second kappa shape index (κ2) is 6.85. The first kappa shape index (κ1) is 19.9. The van der Waals surface area contributed by atoms with Gasteiger partial charge in [0.05, 0.1) is 16.7 Å². The SMILES string of the molecule is CC1(C)CCc2ccc(C(=O)c3cc4onc(NS(C)(=O)=O)c4cc3Cl)cc2C1. The number of aromatic nitrogens is 1. The molecule has 0 unspecified atom stereocenters. The molecule has 1 aliphatic carbocycles. The van der Waals surface area contributed by atoms with Crippen LogP contribution in [0.5, 0.6) is 0 Å². The smallest absolute Gasteiger partial charge is 0.231 e. The molecule has 1 heterocycles. The highest BCUT2D eigenvalue weighted by Gasteiger charge is 2.26. The van der Waals surface area contributed by atoms with Crippen LogP contribution in [0.15, 0.2) is 34.9 Å². The van der Waals surface area contributed by atoms with Crippen LogP contribution in [0.4, 0.5) is 5.82 Å². The number of nitrogens with zero attached hydrogens (tertiary/aromatic N) is 1. The Morgan fingerprint density at radius 3 is 2.69 bits per heavy atom. The summed E-state index contributed by atoms with van der Waals surface area (Å²) in [5, 5.41) is 4.33. The third kappa shape index (κ3) is 4.02. The molecule has 0 atom stereocenters. The van der Waals surface area contributed by atoms with Crippen molar-refractivity contribution in [1.82, 2.24) is 5.16 Å². The Hall–Kier alpha value is -2.38. The maximum absolute atomic E-state index is 13.1. The van der Waals surface area contributed by atoms with Gasteiger partial charge in [0.2, 0.25) is 10.0 Å². The molecule has 1 aliphatic rings. The van der Waals surface area contributed by atoms with Crippen molar-refractivity contribution in [1.29, 1.82) is 0 Å². The number of carbonyl (C=O) groups excluding carboxylic acids is 1. The molecule has 29 heavy (non-hydrogen) atoms. The summed E-state index contributed by atoms with van der Waals surface area (Å²) in [7, 11) is -3.52. The van der Waals surface area contributed by atoms with Crippen molar-refractivity contribution in [3.63, 3.8) is 0 Å². The van der Waals surface area contributed by atoms with Crippen molar-refractivity contribution in [2.75, 3.05) is 11.0 Å². The zero-order chi connectivity index (χ0) is 21.0. The standard InChI is InChI=1S/C21H21ClN2O4S/c1-21(2)7-6-12-4-5-13(8-14(12)11-21)19(25)15-10-18-16(9-17(15)22)20(23-28-18)24-29(3,26)27/h4-5,8-10H,6-7,11H2,1-3H3,(H,23,24). The van der Waals surface area contributed by atoms with Gasteiger partial charge in [0, 0.05) is 11.1 Å². The van der Waals surface area contributed by atoms with Crippen molar-refractivity contribution in [2.24, 2.45) is 5.41 Å². The largest absolute Gasteiger partial charge is 0.354 e. The van der Waals surface area contributed by atoms with Gasteiger partial charge in [-0.3, -0.25) is 9.52 Å². The summed E-state index contributed by atoms with van der Waals surface area (Å²) in [5.74, 6) is -0.170. The first-order valence-electron chi connectivity index (χ1n) is 9.26. The minimum atomic E-state index is -3.52. The van der Waals surface area contributed by atoms with Crippen LogP contribution in [0.1, 0.15) is 47.3 Å². The Morgan fingerprint density at radius 2 is 1.97 bits per heavy atom. The molecule has 1 aromatic heterocycles. The topological polar surface area (TPSA) is 89.3 Å². The molecule has 1 N–H and O–H groups in total. The van der Waals surface area contributed by atoms with E-state index in [4.69, 9.17) is 16.1 Å². The Bertz CT molecular complexity index is 1250. The summed E-state index contributed by atoms with van der Waals surface area (Å²) in [4.78, 5) is 13.1. The van der Waals surface area contributed by atoms with E-state index in [0.29, 0.717) is 10.9 Å². The summed E-state index contributed by atoms with van der Waals surface area (Å²) in [5.41, 5.74) is 3.84. The Kier molecular flexibility index (Phi) is 4.70. The molecule has 6 nitrogen and oxygen atoms in total. The van der Waals surface area contributed by atoms with E-state index in [1.807, 2.05) is 18.2 Å². The van der Waals surface area contributed by atoms with Crippen molar-refractivity contribution in [3.05, 3.63) is 57.6 Å². The minimum absolute atomic E-state index is 0.0411. The Balaban J connectivity index is 1.72. The van der Waals surface area contributed by atoms with Crippen molar-refractivity contribution >= 4 is 44.2 Å². The second-order valence-electron chi connectivity index (χ2n) is 8.39. The third-order valence-electron chi connectivity index (χ3n) is 5.29. The van der Waals surface area contributed by atoms with Gasteiger partial charge in [-0.1, -0.05) is 42.7 Å². The lowest BCUT2D eigenvalue weighted by molar-refractivity contribution is 0.103. The van der Waals surface area contributed by atoms with E-state index >= 15 is 0 Å². The number of halogens is 1. The zero-order valence-corrected chi connectivity index (χ0v) is 17.9. The van der Waals surface area contributed by atoms with Crippen molar-refractivity contribution in [3.8, 4) is 0 Å². The van der Waals surface area contributed by atoms with E-state index in [9.17, 15) is 13.2 Å². The van der Waals surface area contributed by atoms with E-state index in [1.165, 1.54) is 23.3 Å². The minimum Gasteiger partial charge on any atom is -0.354 e. The van der Waals surface area contributed by atoms with Crippen LogP contribution in [0.25, 0.3) is 11.0 Å². The molecule has 0 radical (unpaired) electrons. The number of benzene rings is 2. The molecule has 2 aromatic carbocycles. The van der Waals surface area contributed by atoms with Crippen LogP contribution in [-0.4, -0.2) is 25.6 Å². The number of fused-ring (bicyclic) bond motifs is 2.